The molecular formula is C8H15NO. The Morgan fingerprint density at radius 3 is 3.00 bits per heavy atom. The average molecular weight is 141 g/mol. The van der Waals surface area contributed by atoms with Crippen molar-refractivity contribution in [2.45, 2.75) is 37.8 Å². The largest absolute Gasteiger partial charge is 0.389 e. The smallest absolute Gasteiger partial charge is 0.0774 e. The van der Waals surface area contributed by atoms with Gasteiger partial charge in [-0.15, -0.1) is 0 Å². The van der Waals surface area contributed by atoms with Crippen molar-refractivity contribution in [1.29, 1.82) is 0 Å². The van der Waals surface area contributed by atoms with E-state index in [1.807, 2.05) is 6.92 Å². The zero-order chi connectivity index (χ0) is 7.19. The van der Waals surface area contributed by atoms with E-state index in [1.54, 1.807) is 0 Å². The highest BCUT2D eigenvalue weighted by molar-refractivity contribution is 5.02. The van der Waals surface area contributed by atoms with E-state index >= 15 is 0 Å². The monoisotopic (exact) mass is 141 g/mol. The first-order valence-electron chi connectivity index (χ1n) is 4.16. The number of hydrogen-bond acceptors (Lipinski definition) is 2. The maximum atomic E-state index is 9.80. The second kappa shape index (κ2) is 1.95. The van der Waals surface area contributed by atoms with Crippen LogP contribution in [-0.2, 0) is 0 Å². The van der Waals surface area contributed by atoms with E-state index < -0.39 is 5.60 Å². The van der Waals surface area contributed by atoms with Crippen molar-refractivity contribution in [2.24, 2.45) is 5.92 Å². The standard InChI is InChI=1S/C8H15NO/c1-8(10)4-2-6-3-5-9-7(6)8/h6-7,9-10H,2-5H2,1H3/t6-,7+,8-/m1/s1. The van der Waals surface area contributed by atoms with Crippen LogP contribution < -0.4 is 5.32 Å². The maximum absolute atomic E-state index is 9.80. The first-order valence-corrected chi connectivity index (χ1v) is 4.16. The van der Waals surface area contributed by atoms with Crippen LogP contribution in [0.4, 0.5) is 0 Å². The molecule has 0 unspecified atom stereocenters. The van der Waals surface area contributed by atoms with Crippen LogP contribution in [0.3, 0.4) is 0 Å². The highest BCUT2D eigenvalue weighted by Gasteiger charge is 2.45. The SMILES string of the molecule is C[C@@]1(O)CC[C@@H]2CCN[C@@H]21. The minimum atomic E-state index is -0.416. The summed E-state index contributed by atoms with van der Waals surface area (Å²) in [5.74, 6) is 0.759. The van der Waals surface area contributed by atoms with Crippen LogP contribution in [0.2, 0.25) is 0 Å². The fourth-order valence-electron chi connectivity index (χ4n) is 2.43. The van der Waals surface area contributed by atoms with E-state index in [0.717, 1.165) is 18.9 Å². The number of aliphatic hydroxyl groups is 1. The van der Waals surface area contributed by atoms with Crippen molar-refractivity contribution < 1.29 is 5.11 Å². The second-order valence-electron chi connectivity index (χ2n) is 3.88. The molecular weight excluding hydrogens is 126 g/mol. The van der Waals surface area contributed by atoms with Gasteiger partial charge in [0.05, 0.1) is 5.60 Å². The minimum Gasteiger partial charge on any atom is -0.389 e. The molecule has 0 radical (unpaired) electrons. The van der Waals surface area contributed by atoms with Gasteiger partial charge in [0.1, 0.15) is 0 Å². The van der Waals surface area contributed by atoms with Gasteiger partial charge in [-0.25, -0.2) is 0 Å². The van der Waals surface area contributed by atoms with Crippen LogP contribution in [0.15, 0.2) is 0 Å². The summed E-state index contributed by atoms with van der Waals surface area (Å²) in [7, 11) is 0. The van der Waals surface area contributed by atoms with E-state index in [-0.39, 0.29) is 0 Å². The summed E-state index contributed by atoms with van der Waals surface area (Å²) in [5, 5.41) is 13.2. The lowest BCUT2D eigenvalue weighted by Crippen LogP contribution is -2.43. The number of fused-ring (bicyclic) bond motifs is 1. The Morgan fingerprint density at radius 2 is 2.30 bits per heavy atom. The maximum Gasteiger partial charge on any atom is 0.0774 e. The van der Waals surface area contributed by atoms with Crippen molar-refractivity contribution in [3.05, 3.63) is 0 Å². The predicted octanol–water partition coefficient (Wildman–Crippen LogP) is 0.509. The zero-order valence-electron chi connectivity index (χ0n) is 6.43. The van der Waals surface area contributed by atoms with Gasteiger partial charge in [0.15, 0.2) is 0 Å². The Balaban J connectivity index is 2.16. The minimum absolute atomic E-state index is 0.396. The summed E-state index contributed by atoms with van der Waals surface area (Å²) >= 11 is 0. The summed E-state index contributed by atoms with van der Waals surface area (Å²) in [5.41, 5.74) is -0.416. The van der Waals surface area contributed by atoms with Crippen molar-refractivity contribution in [1.82, 2.24) is 5.32 Å². The molecule has 0 amide bonds. The summed E-state index contributed by atoms with van der Waals surface area (Å²) in [4.78, 5) is 0. The third-order valence-electron chi connectivity index (χ3n) is 3.04. The number of nitrogens with one attached hydrogen (secondary N) is 1. The fraction of sp³-hybridized carbons (Fsp3) is 1.00. The highest BCUT2D eigenvalue weighted by Crippen LogP contribution is 2.38. The van der Waals surface area contributed by atoms with Gasteiger partial charge in [0, 0.05) is 6.04 Å². The van der Waals surface area contributed by atoms with Gasteiger partial charge in [-0.3, -0.25) is 0 Å². The lowest BCUT2D eigenvalue weighted by atomic mass is 9.97. The molecule has 0 bridgehead atoms. The Kier molecular flexibility index (Phi) is 1.29. The first kappa shape index (κ1) is 6.62. The van der Waals surface area contributed by atoms with Gasteiger partial charge in [-0.2, -0.15) is 0 Å². The molecule has 2 aliphatic rings. The normalized spacial score (nSPS) is 53.4. The van der Waals surface area contributed by atoms with Crippen molar-refractivity contribution >= 4 is 0 Å². The van der Waals surface area contributed by atoms with Crippen molar-refractivity contribution in [2.75, 3.05) is 6.54 Å². The molecule has 10 heavy (non-hydrogen) atoms. The molecule has 2 heteroatoms. The van der Waals surface area contributed by atoms with E-state index in [4.69, 9.17) is 0 Å². The molecule has 1 saturated heterocycles. The van der Waals surface area contributed by atoms with Crippen molar-refractivity contribution in [3.63, 3.8) is 0 Å². The highest BCUT2D eigenvalue weighted by atomic mass is 16.3. The van der Waals surface area contributed by atoms with Crippen LogP contribution in [0, 0.1) is 5.92 Å². The summed E-state index contributed by atoms with van der Waals surface area (Å²) < 4.78 is 0. The molecule has 0 aromatic carbocycles. The van der Waals surface area contributed by atoms with Gasteiger partial charge >= 0.3 is 0 Å². The molecule has 1 heterocycles. The van der Waals surface area contributed by atoms with E-state index in [9.17, 15) is 5.11 Å². The quantitative estimate of drug-likeness (QED) is 0.515. The Hall–Kier alpha value is -0.0800. The molecule has 1 aliphatic carbocycles. The summed E-state index contributed by atoms with van der Waals surface area (Å²) in [6.45, 7) is 3.06. The predicted molar refractivity (Wildman–Crippen MR) is 39.8 cm³/mol. The molecule has 2 rings (SSSR count). The van der Waals surface area contributed by atoms with Gasteiger partial charge < -0.3 is 10.4 Å². The molecule has 1 aliphatic heterocycles. The average Bonchev–Trinajstić information content (AvgIpc) is 2.36. The van der Waals surface area contributed by atoms with Gasteiger partial charge in [0.2, 0.25) is 0 Å². The van der Waals surface area contributed by atoms with Crippen LogP contribution in [0.1, 0.15) is 26.2 Å². The molecule has 2 nitrogen and oxygen atoms in total. The lowest BCUT2D eigenvalue weighted by Gasteiger charge is -2.24. The van der Waals surface area contributed by atoms with Crippen molar-refractivity contribution in [3.8, 4) is 0 Å². The molecule has 0 aromatic heterocycles. The zero-order valence-corrected chi connectivity index (χ0v) is 6.43. The van der Waals surface area contributed by atoms with Crippen LogP contribution in [-0.4, -0.2) is 23.3 Å². The summed E-state index contributed by atoms with van der Waals surface area (Å²) in [6, 6.07) is 0.396. The molecule has 0 spiro atoms. The first-order chi connectivity index (χ1) is 4.70. The second-order valence-corrected chi connectivity index (χ2v) is 3.88. The van der Waals surface area contributed by atoms with Crippen LogP contribution in [0.5, 0.6) is 0 Å². The molecule has 2 fully saturated rings. The van der Waals surface area contributed by atoms with Crippen LogP contribution in [0.25, 0.3) is 0 Å². The topological polar surface area (TPSA) is 32.3 Å². The van der Waals surface area contributed by atoms with Gasteiger partial charge in [-0.05, 0) is 38.6 Å². The summed E-state index contributed by atoms with van der Waals surface area (Å²) in [6.07, 6.45) is 3.46. The molecule has 0 aromatic rings. The van der Waals surface area contributed by atoms with Gasteiger partial charge in [0.25, 0.3) is 0 Å². The molecule has 58 valence electrons. The van der Waals surface area contributed by atoms with E-state index in [0.29, 0.717) is 6.04 Å². The van der Waals surface area contributed by atoms with E-state index in [2.05, 4.69) is 5.32 Å². The Labute approximate surface area is 61.6 Å². The molecule has 2 N–H and O–H groups in total. The lowest BCUT2D eigenvalue weighted by molar-refractivity contribution is 0.0402. The fourth-order valence-corrected chi connectivity index (χ4v) is 2.43. The van der Waals surface area contributed by atoms with Gasteiger partial charge in [-0.1, -0.05) is 0 Å². The Morgan fingerprint density at radius 1 is 1.50 bits per heavy atom. The van der Waals surface area contributed by atoms with E-state index in [1.165, 1.54) is 12.8 Å². The Bertz CT molecular complexity index is 144. The molecule has 1 saturated carbocycles. The van der Waals surface area contributed by atoms with Crippen LogP contribution >= 0.6 is 0 Å². The number of rotatable bonds is 0. The third-order valence-corrected chi connectivity index (χ3v) is 3.04. The number of hydrogen-bond donors (Lipinski definition) is 2. The molecule has 3 atom stereocenters. The third kappa shape index (κ3) is 0.789.